The smallest absolute Gasteiger partial charge is 0.414 e. The standard InChI is InChI=1S/C9H13NO6/c1-9(2,16)4-3-5(7(12)13)10(6(4)11)8(14)15/h4-5,16H,3H2,1-2H3,(H,12,13)(H,14,15)/t4?,5-/m0/s1. The molecule has 90 valence electrons. The van der Waals surface area contributed by atoms with E-state index in [0.717, 1.165) is 0 Å². The monoisotopic (exact) mass is 231 g/mol. The molecular formula is C9H13NO6. The summed E-state index contributed by atoms with van der Waals surface area (Å²) in [5, 5.41) is 27.2. The molecule has 0 aliphatic carbocycles. The molecule has 16 heavy (non-hydrogen) atoms. The van der Waals surface area contributed by atoms with Gasteiger partial charge in [0.25, 0.3) is 0 Å². The van der Waals surface area contributed by atoms with Crippen molar-refractivity contribution in [3.05, 3.63) is 0 Å². The van der Waals surface area contributed by atoms with E-state index >= 15 is 0 Å². The fourth-order valence-corrected chi connectivity index (χ4v) is 1.78. The minimum absolute atomic E-state index is 0.204. The lowest BCUT2D eigenvalue weighted by atomic mass is 9.88. The number of carbonyl (C=O) groups excluding carboxylic acids is 1. The zero-order chi connectivity index (χ0) is 12.7. The van der Waals surface area contributed by atoms with Crippen LogP contribution in [0.4, 0.5) is 4.79 Å². The highest BCUT2D eigenvalue weighted by molar-refractivity contribution is 6.00. The van der Waals surface area contributed by atoms with E-state index in [1.165, 1.54) is 13.8 Å². The molecule has 0 aromatic rings. The molecule has 1 rings (SSSR count). The first-order valence-corrected chi connectivity index (χ1v) is 4.67. The van der Waals surface area contributed by atoms with E-state index in [4.69, 9.17) is 10.2 Å². The fraction of sp³-hybridized carbons (Fsp3) is 0.667. The van der Waals surface area contributed by atoms with Crippen LogP contribution in [0.3, 0.4) is 0 Å². The number of amides is 2. The summed E-state index contributed by atoms with van der Waals surface area (Å²) in [6.45, 7) is 2.69. The minimum Gasteiger partial charge on any atom is -0.480 e. The Hall–Kier alpha value is -1.63. The van der Waals surface area contributed by atoms with Gasteiger partial charge in [-0.15, -0.1) is 0 Å². The lowest BCUT2D eigenvalue weighted by molar-refractivity contribution is -0.145. The third kappa shape index (κ3) is 1.99. The Bertz CT molecular complexity index is 344. The van der Waals surface area contributed by atoms with Gasteiger partial charge < -0.3 is 15.3 Å². The number of aliphatic hydroxyl groups is 1. The maximum Gasteiger partial charge on any atom is 0.414 e. The van der Waals surface area contributed by atoms with Crippen LogP contribution in [0.15, 0.2) is 0 Å². The molecule has 3 N–H and O–H groups in total. The Kier molecular flexibility index (Phi) is 2.91. The number of carbonyl (C=O) groups is 3. The van der Waals surface area contributed by atoms with E-state index in [0.29, 0.717) is 0 Å². The second kappa shape index (κ2) is 3.75. The molecule has 0 spiro atoms. The summed E-state index contributed by atoms with van der Waals surface area (Å²) in [6, 6.07) is -1.42. The Morgan fingerprint density at radius 1 is 1.38 bits per heavy atom. The number of hydrogen-bond acceptors (Lipinski definition) is 4. The molecule has 1 aliphatic rings. The van der Waals surface area contributed by atoms with Gasteiger partial charge in [0.1, 0.15) is 6.04 Å². The number of aliphatic carboxylic acids is 1. The second-order valence-corrected chi connectivity index (χ2v) is 4.29. The van der Waals surface area contributed by atoms with Crippen molar-refractivity contribution in [2.75, 3.05) is 0 Å². The molecule has 0 aromatic heterocycles. The van der Waals surface area contributed by atoms with E-state index in [2.05, 4.69) is 0 Å². The van der Waals surface area contributed by atoms with Crippen LogP contribution >= 0.6 is 0 Å². The van der Waals surface area contributed by atoms with Gasteiger partial charge in [0.2, 0.25) is 5.91 Å². The maximum atomic E-state index is 11.6. The second-order valence-electron chi connectivity index (χ2n) is 4.29. The quantitative estimate of drug-likeness (QED) is 0.603. The zero-order valence-electron chi connectivity index (χ0n) is 8.88. The van der Waals surface area contributed by atoms with Gasteiger partial charge in [0.15, 0.2) is 0 Å². The Balaban J connectivity index is 3.06. The highest BCUT2D eigenvalue weighted by Crippen LogP contribution is 2.32. The van der Waals surface area contributed by atoms with Gasteiger partial charge in [0.05, 0.1) is 11.5 Å². The van der Waals surface area contributed by atoms with E-state index in [9.17, 15) is 19.5 Å². The van der Waals surface area contributed by atoms with Crippen LogP contribution in [0.2, 0.25) is 0 Å². The molecule has 2 amide bonds. The molecule has 2 atom stereocenters. The largest absolute Gasteiger partial charge is 0.480 e. The number of rotatable bonds is 2. The number of nitrogens with zero attached hydrogens (tertiary/aromatic N) is 1. The summed E-state index contributed by atoms with van der Waals surface area (Å²) in [4.78, 5) is 33.5. The molecule has 1 aliphatic heterocycles. The molecule has 7 heteroatoms. The number of likely N-dealkylation sites (tertiary alicyclic amines) is 1. The van der Waals surface area contributed by atoms with Crippen LogP contribution in [0.25, 0.3) is 0 Å². The van der Waals surface area contributed by atoms with Crippen molar-refractivity contribution in [3.8, 4) is 0 Å². The van der Waals surface area contributed by atoms with Crippen molar-refractivity contribution in [2.45, 2.75) is 31.9 Å². The van der Waals surface area contributed by atoms with Crippen molar-refractivity contribution in [2.24, 2.45) is 5.92 Å². The summed E-state index contributed by atoms with van der Waals surface area (Å²) >= 11 is 0. The summed E-state index contributed by atoms with van der Waals surface area (Å²) in [6.07, 6.45) is -1.81. The third-order valence-electron chi connectivity index (χ3n) is 2.65. The highest BCUT2D eigenvalue weighted by Gasteiger charge is 2.51. The molecule has 1 heterocycles. The van der Waals surface area contributed by atoms with Crippen LogP contribution < -0.4 is 0 Å². The highest BCUT2D eigenvalue weighted by atomic mass is 16.4. The Labute approximate surface area is 91.3 Å². The van der Waals surface area contributed by atoms with Crippen molar-refractivity contribution >= 4 is 18.0 Å². The van der Waals surface area contributed by atoms with Crippen LogP contribution in [0.1, 0.15) is 20.3 Å². The van der Waals surface area contributed by atoms with Crippen molar-refractivity contribution in [1.29, 1.82) is 0 Å². The lowest BCUT2D eigenvalue weighted by Gasteiger charge is -2.23. The summed E-state index contributed by atoms with van der Waals surface area (Å²) in [7, 11) is 0. The minimum atomic E-state index is -1.61. The molecule has 1 fully saturated rings. The van der Waals surface area contributed by atoms with E-state index in [1.807, 2.05) is 0 Å². The van der Waals surface area contributed by atoms with Gasteiger partial charge in [-0.1, -0.05) is 0 Å². The van der Waals surface area contributed by atoms with E-state index in [1.54, 1.807) is 0 Å². The van der Waals surface area contributed by atoms with Crippen molar-refractivity contribution < 1.29 is 29.7 Å². The first-order valence-electron chi connectivity index (χ1n) is 4.67. The normalized spacial score (nSPS) is 25.9. The molecular weight excluding hydrogens is 218 g/mol. The summed E-state index contributed by atoms with van der Waals surface area (Å²) < 4.78 is 0. The molecule has 1 unspecified atom stereocenters. The summed E-state index contributed by atoms with van der Waals surface area (Å²) in [5.74, 6) is -3.26. The average molecular weight is 231 g/mol. The molecule has 0 radical (unpaired) electrons. The lowest BCUT2D eigenvalue weighted by Crippen LogP contribution is -2.43. The number of carboxylic acids is 1. The van der Waals surface area contributed by atoms with Gasteiger partial charge in [-0.25, -0.2) is 14.5 Å². The molecule has 1 saturated heterocycles. The van der Waals surface area contributed by atoms with Gasteiger partial charge in [-0.3, -0.25) is 4.79 Å². The molecule has 0 bridgehead atoms. The van der Waals surface area contributed by atoms with E-state index in [-0.39, 0.29) is 11.3 Å². The van der Waals surface area contributed by atoms with Gasteiger partial charge in [-0.05, 0) is 20.3 Å². The SMILES string of the molecule is CC(C)(O)C1C[C@@H](C(=O)O)N(C(=O)O)C1=O. The van der Waals surface area contributed by atoms with Gasteiger partial charge >= 0.3 is 12.1 Å². The average Bonchev–Trinajstić information content (AvgIpc) is 2.41. The topological polar surface area (TPSA) is 115 Å². The summed E-state index contributed by atoms with van der Waals surface area (Å²) in [5.41, 5.74) is -1.44. The Morgan fingerprint density at radius 3 is 2.12 bits per heavy atom. The molecule has 0 saturated carbocycles. The van der Waals surface area contributed by atoms with Gasteiger partial charge in [-0.2, -0.15) is 0 Å². The Morgan fingerprint density at radius 2 is 1.88 bits per heavy atom. The number of hydrogen-bond donors (Lipinski definition) is 3. The number of imide groups is 1. The fourth-order valence-electron chi connectivity index (χ4n) is 1.78. The van der Waals surface area contributed by atoms with Crippen LogP contribution in [-0.2, 0) is 9.59 Å². The van der Waals surface area contributed by atoms with Crippen LogP contribution in [-0.4, -0.2) is 49.8 Å². The predicted octanol–water partition coefficient (Wildman–Crippen LogP) is -0.263. The molecule has 0 aromatic carbocycles. The van der Waals surface area contributed by atoms with Crippen LogP contribution in [0.5, 0.6) is 0 Å². The predicted molar refractivity (Wildman–Crippen MR) is 50.7 cm³/mol. The third-order valence-corrected chi connectivity index (χ3v) is 2.65. The first-order chi connectivity index (χ1) is 7.16. The number of carboxylic acid groups (broad SMARTS) is 2. The molecule has 7 nitrogen and oxygen atoms in total. The van der Waals surface area contributed by atoms with Gasteiger partial charge in [0, 0.05) is 0 Å². The maximum absolute atomic E-state index is 11.6. The van der Waals surface area contributed by atoms with Crippen LogP contribution in [0, 0.1) is 5.92 Å². The van der Waals surface area contributed by atoms with Crippen molar-refractivity contribution in [3.63, 3.8) is 0 Å². The zero-order valence-corrected chi connectivity index (χ0v) is 8.88. The van der Waals surface area contributed by atoms with E-state index < -0.39 is 35.5 Å². The van der Waals surface area contributed by atoms with Crippen molar-refractivity contribution in [1.82, 2.24) is 4.90 Å². The first kappa shape index (κ1) is 12.4.